The fourth-order valence-corrected chi connectivity index (χ4v) is 0.775. The van der Waals surface area contributed by atoms with Gasteiger partial charge in [-0.25, -0.2) is 4.79 Å². The van der Waals surface area contributed by atoms with Gasteiger partial charge in [0.1, 0.15) is 0 Å². The fourth-order valence-electron chi connectivity index (χ4n) is 0.775. The number of carbonyl (C=O) groups is 2. The molecule has 0 aliphatic heterocycles. The van der Waals surface area contributed by atoms with Gasteiger partial charge in [0.25, 0.3) is 5.91 Å². The molecule has 0 spiro atoms. The van der Waals surface area contributed by atoms with Crippen molar-refractivity contribution in [2.24, 2.45) is 0 Å². The van der Waals surface area contributed by atoms with E-state index in [0.717, 1.165) is 0 Å². The second kappa shape index (κ2) is 3.91. The molecule has 6 nitrogen and oxygen atoms in total. The number of rotatable bonds is 1. The predicted octanol–water partition coefficient (Wildman–Crippen LogP) is 0.394. The molecule has 1 N–H and O–H groups in total. The van der Waals surface area contributed by atoms with Crippen molar-refractivity contribution < 1.29 is 14.1 Å². The van der Waals surface area contributed by atoms with Crippen LogP contribution in [0.5, 0.6) is 0 Å². The van der Waals surface area contributed by atoms with Crippen LogP contribution >= 0.6 is 0 Å². The van der Waals surface area contributed by atoms with Gasteiger partial charge in [0, 0.05) is 19.7 Å². The summed E-state index contributed by atoms with van der Waals surface area (Å²) in [6.07, 6.45) is 1.41. The molecule has 76 valence electrons. The molecule has 14 heavy (non-hydrogen) atoms. The Kier molecular flexibility index (Phi) is 2.85. The highest BCUT2D eigenvalue weighted by atomic mass is 16.5. The first kappa shape index (κ1) is 10.2. The third kappa shape index (κ3) is 2.09. The first-order chi connectivity index (χ1) is 6.52. The van der Waals surface area contributed by atoms with Crippen LogP contribution in [0.2, 0.25) is 0 Å². The average Bonchev–Trinajstić information content (AvgIpc) is 2.51. The molecule has 1 rings (SSSR count). The van der Waals surface area contributed by atoms with Crippen molar-refractivity contribution in [1.29, 1.82) is 0 Å². The summed E-state index contributed by atoms with van der Waals surface area (Å²) in [5, 5.41) is 5.57. The van der Waals surface area contributed by atoms with Crippen molar-refractivity contribution in [2.45, 2.75) is 6.92 Å². The number of nitrogens with one attached hydrogen (secondary N) is 1. The van der Waals surface area contributed by atoms with Gasteiger partial charge < -0.3 is 9.42 Å². The molecule has 0 saturated carbocycles. The molecule has 0 bridgehead atoms. The number of hydrogen-bond acceptors (Lipinski definition) is 4. The average molecular weight is 197 g/mol. The Balaban J connectivity index is 2.69. The second-order valence-electron chi connectivity index (χ2n) is 2.99. The Morgan fingerprint density at radius 2 is 2.14 bits per heavy atom. The van der Waals surface area contributed by atoms with E-state index >= 15 is 0 Å². The van der Waals surface area contributed by atoms with E-state index in [4.69, 9.17) is 0 Å². The van der Waals surface area contributed by atoms with Gasteiger partial charge in [0.15, 0.2) is 0 Å². The van der Waals surface area contributed by atoms with Crippen LogP contribution in [0.25, 0.3) is 0 Å². The van der Waals surface area contributed by atoms with Crippen molar-refractivity contribution in [3.05, 3.63) is 17.5 Å². The number of aryl methyl sites for hydroxylation is 1. The molecular weight excluding hydrogens is 186 g/mol. The maximum atomic E-state index is 11.3. The van der Waals surface area contributed by atoms with Crippen molar-refractivity contribution >= 4 is 11.9 Å². The largest absolute Gasteiger partial charge is 0.351 e. The van der Waals surface area contributed by atoms with Crippen LogP contribution in [0.1, 0.15) is 16.1 Å². The van der Waals surface area contributed by atoms with Crippen molar-refractivity contribution in [3.63, 3.8) is 0 Å². The normalized spacial score (nSPS) is 9.64. The monoisotopic (exact) mass is 197 g/mol. The van der Waals surface area contributed by atoms with E-state index in [1.165, 1.54) is 25.2 Å². The van der Waals surface area contributed by atoms with E-state index in [2.05, 4.69) is 15.0 Å². The van der Waals surface area contributed by atoms with Crippen LogP contribution in [0.4, 0.5) is 4.79 Å². The van der Waals surface area contributed by atoms with Crippen molar-refractivity contribution in [1.82, 2.24) is 15.4 Å². The van der Waals surface area contributed by atoms with Crippen LogP contribution in [0.3, 0.4) is 0 Å². The minimum atomic E-state index is -0.585. The molecule has 1 aromatic heterocycles. The highest BCUT2D eigenvalue weighted by Gasteiger charge is 2.17. The quantitative estimate of drug-likeness (QED) is 0.706. The first-order valence-electron chi connectivity index (χ1n) is 3.96. The molecule has 1 heterocycles. The Hall–Kier alpha value is -1.85. The molecule has 0 unspecified atom stereocenters. The Labute approximate surface area is 80.9 Å². The van der Waals surface area contributed by atoms with E-state index < -0.39 is 11.9 Å². The van der Waals surface area contributed by atoms with Crippen LogP contribution < -0.4 is 5.32 Å². The third-order valence-corrected chi connectivity index (χ3v) is 1.58. The van der Waals surface area contributed by atoms with Crippen molar-refractivity contribution in [2.75, 3.05) is 14.1 Å². The maximum absolute atomic E-state index is 11.3. The molecule has 0 atom stereocenters. The van der Waals surface area contributed by atoms with Gasteiger partial charge in [-0.15, -0.1) is 0 Å². The van der Waals surface area contributed by atoms with Gasteiger partial charge in [-0.05, 0) is 6.92 Å². The molecule has 6 heteroatoms. The van der Waals surface area contributed by atoms with Crippen LogP contribution in [-0.2, 0) is 0 Å². The highest BCUT2D eigenvalue weighted by Crippen LogP contribution is 2.04. The first-order valence-corrected chi connectivity index (χ1v) is 3.96. The van der Waals surface area contributed by atoms with Gasteiger partial charge >= 0.3 is 6.03 Å². The van der Waals surface area contributed by atoms with Crippen LogP contribution in [0.15, 0.2) is 10.7 Å². The number of amides is 3. The number of urea groups is 1. The third-order valence-electron chi connectivity index (χ3n) is 1.58. The molecule has 1 aromatic rings. The Morgan fingerprint density at radius 1 is 1.50 bits per heavy atom. The summed E-state index contributed by atoms with van der Waals surface area (Å²) in [5.74, 6) is -0.529. The maximum Gasteiger partial charge on any atom is 0.323 e. The molecule has 0 aliphatic rings. The molecule has 0 saturated heterocycles. The number of nitrogens with zero attached hydrogens (tertiary/aromatic N) is 2. The summed E-state index contributed by atoms with van der Waals surface area (Å²) < 4.78 is 4.67. The fraction of sp³-hybridized carbons (Fsp3) is 0.375. The number of hydrogen-bond donors (Lipinski definition) is 1. The SMILES string of the molecule is Cc1cnoc1C(=O)NC(=O)N(C)C. The Morgan fingerprint density at radius 3 is 2.57 bits per heavy atom. The molecule has 0 aliphatic carbocycles. The molecular formula is C8H11N3O3. The van der Waals surface area contributed by atoms with E-state index in [9.17, 15) is 9.59 Å². The zero-order chi connectivity index (χ0) is 10.7. The van der Waals surface area contributed by atoms with Gasteiger partial charge in [-0.3, -0.25) is 10.1 Å². The number of imide groups is 1. The Bertz CT molecular complexity index is 356. The zero-order valence-electron chi connectivity index (χ0n) is 8.20. The highest BCUT2D eigenvalue weighted by molar-refractivity contribution is 6.03. The van der Waals surface area contributed by atoms with E-state index in [0.29, 0.717) is 5.56 Å². The summed E-state index contributed by atoms with van der Waals surface area (Å²) in [7, 11) is 3.08. The van der Waals surface area contributed by atoms with Gasteiger partial charge in [-0.2, -0.15) is 0 Å². The van der Waals surface area contributed by atoms with E-state index in [-0.39, 0.29) is 5.76 Å². The summed E-state index contributed by atoms with van der Waals surface area (Å²) in [6, 6.07) is -0.495. The minimum absolute atomic E-state index is 0.0557. The summed E-state index contributed by atoms with van der Waals surface area (Å²) in [5.41, 5.74) is 0.592. The van der Waals surface area contributed by atoms with Crippen LogP contribution in [-0.4, -0.2) is 36.1 Å². The van der Waals surface area contributed by atoms with Gasteiger partial charge in [0.05, 0.1) is 6.20 Å². The summed E-state index contributed by atoms with van der Waals surface area (Å²) >= 11 is 0. The van der Waals surface area contributed by atoms with E-state index in [1.807, 2.05) is 0 Å². The smallest absolute Gasteiger partial charge is 0.323 e. The van der Waals surface area contributed by atoms with Crippen LogP contribution in [0, 0.1) is 6.92 Å². The topological polar surface area (TPSA) is 75.4 Å². The number of aromatic nitrogens is 1. The molecule has 0 aromatic carbocycles. The van der Waals surface area contributed by atoms with E-state index in [1.54, 1.807) is 6.92 Å². The summed E-state index contributed by atoms with van der Waals surface area (Å²) in [4.78, 5) is 23.7. The summed E-state index contributed by atoms with van der Waals surface area (Å²) in [6.45, 7) is 1.67. The van der Waals surface area contributed by atoms with Gasteiger partial charge in [-0.1, -0.05) is 5.16 Å². The lowest BCUT2D eigenvalue weighted by Gasteiger charge is -2.09. The molecule has 3 amide bonds. The number of carbonyl (C=O) groups excluding carboxylic acids is 2. The second-order valence-corrected chi connectivity index (χ2v) is 2.99. The molecule has 0 fully saturated rings. The zero-order valence-corrected chi connectivity index (χ0v) is 8.20. The van der Waals surface area contributed by atoms with Crippen molar-refractivity contribution in [3.8, 4) is 0 Å². The molecule has 0 radical (unpaired) electrons. The standard InChI is InChI=1S/C8H11N3O3/c1-5-4-9-14-6(5)7(12)10-8(13)11(2)3/h4H,1-3H3,(H,10,12,13). The predicted molar refractivity (Wildman–Crippen MR) is 47.8 cm³/mol. The lowest BCUT2D eigenvalue weighted by atomic mass is 10.3. The minimum Gasteiger partial charge on any atom is -0.351 e. The van der Waals surface area contributed by atoms with Gasteiger partial charge in [0.2, 0.25) is 5.76 Å². The lowest BCUT2D eigenvalue weighted by Crippen LogP contribution is -2.38. The lowest BCUT2D eigenvalue weighted by molar-refractivity contribution is 0.0919.